The number of urea groups is 1. The Morgan fingerprint density at radius 1 is 0.980 bits per heavy atom. The summed E-state index contributed by atoms with van der Waals surface area (Å²) in [5.74, 6) is 1.24. The van der Waals surface area contributed by atoms with Crippen LogP contribution >= 0.6 is 0 Å². The summed E-state index contributed by atoms with van der Waals surface area (Å²) in [6.07, 6.45) is 14.1. The first-order valence-electron chi connectivity index (χ1n) is 17.5. The summed E-state index contributed by atoms with van der Waals surface area (Å²) in [6, 6.07) is 4.17. The predicted molar refractivity (Wildman–Crippen MR) is 192 cm³/mol. The first-order valence-corrected chi connectivity index (χ1v) is 19.2. The summed E-state index contributed by atoms with van der Waals surface area (Å²) < 4.78 is 26.9. The van der Waals surface area contributed by atoms with Crippen LogP contribution in [-0.2, 0) is 29.0 Å². The molecule has 0 spiro atoms. The number of carbonyl (C=O) groups excluding carboxylic acids is 5. The van der Waals surface area contributed by atoms with Gasteiger partial charge >= 0.3 is 6.03 Å². The van der Waals surface area contributed by atoms with Crippen LogP contribution < -0.4 is 21.3 Å². The fourth-order valence-electron chi connectivity index (χ4n) is 7.77. The number of hydrogen-bond donors (Lipinski definition) is 4. The molecule has 4 N–H and O–H groups in total. The van der Waals surface area contributed by atoms with E-state index >= 15 is 0 Å². The Labute approximate surface area is 301 Å². The van der Waals surface area contributed by atoms with Crippen LogP contribution in [-0.4, -0.2) is 85.4 Å². The van der Waals surface area contributed by atoms with E-state index in [0.29, 0.717) is 12.8 Å². The third-order valence-electron chi connectivity index (χ3n) is 10.7. The maximum atomic E-state index is 14.5. The number of amides is 5. The first kappa shape index (κ1) is 39.4. The highest BCUT2D eigenvalue weighted by molar-refractivity contribution is 7.91. The van der Waals surface area contributed by atoms with Crippen LogP contribution in [0.3, 0.4) is 0 Å². The van der Waals surface area contributed by atoms with Crippen molar-refractivity contribution in [1.82, 2.24) is 26.2 Å². The molecule has 2 aliphatic carbocycles. The summed E-state index contributed by atoms with van der Waals surface area (Å²) in [6.45, 7) is 9.51. The van der Waals surface area contributed by atoms with E-state index in [2.05, 4.69) is 33.1 Å². The van der Waals surface area contributed by atoms with Crippen LogP contribution in [0, 0.1) is 47.4 Å². The minimum absolute atomic E-state index is 0.000802. The Balaban J connectivity index is 1.56. The normalized spacial score (nSPS) is 22.9. The maximum absolute atomic E-state index is 14.5. The van der Waals surface area contributed by atoms with Crippen molar-refractivity contribution in [3.8, 4) is 24.7 Å². The van der Waals surface area contributed by atoms with E-state index in [1.54, 1.807) is 39.0 Å². The Morgan fingerprint density at radius 3 is 2.22 bits per heavy atom. The minimum atomic E-state index is -3.74. The summed E-state index contributed by atoms with van der Waals surface area (Å²) in [5, 5.41) is 10.8. The molecule has 51 heavy (non-hydrogen) atoms. The third-order valence-corrected chi connectivity index (χ3v) is 12.6. The van der Waals surface area contributed by atoms with Crippen molar-refractivity contribution in [3.63, 3.8) is 0 Å². The molecule has 3 unspecified atom stereocenters. The number of likely N-dealkylation sites (tertiary alicyclic amines) is 1. The molecule has 5 amide bonds. The lowest BCUT2D eigenvalue weighted by Crippen LogP contribution is -2.63. The van der Waals surface area contributed by atoms with Gasteiger partial charge in [-0.3, -0.25) is 19.2 Å². The van der Waals surface area contributed by atoms with Gasteiger partial charge in [0.05, 0.1) is 28.8 Å². The number of ketones is 1. The van der Waals surface area contributed by atoms with Gasteiger partial charge in [0.2, 0.25) is 17.6 Å². The second-order valence-corrected chi connectivity index (χ2v) is 17.7. The second-order valence-electron chi connectivity index (χ2n) is 15.8. The molecule has 1 aromatic carbocycles. The number of fused-ring (bicyclic) bond motifs is 1. The Bertz CT molecular complexity index is 1700. The number of rotatable bonds is 13. The molecule has 1 aromatic rings. The van der Waals surface area contributed by atoms with Crippen LogP contribution in [0.5, 0.6) is 0 Å². The zero-order valence-electron chi connectivity index (χ0n) is 30.2. The highest BCUT2D eigenvalue weighted by Gasteiger charge is 2.70. The molecule has 3 fully saturated rings. The van der Waals surface area contributed by atoms with Crippen molar-refractivity contribution in [2.45, 2.75) is 108 Å². The highest BCUT2D eigenvalue weighted by Crippen LogP contribution is 2.65. The smallest absolute Gasteiger partial charge is 0.315 e. The van der Waals surface area contributed by atoms with Crippen molar-refractivity contribution in [3.05, 3.63) is 30.3 Å². The summed E-state index contributed by atoms with van der Waals surface area (Å²) in [5.41, 5.74) is -2.11. The average Bonchev–Trinajstić information content (AvgIpc) is 3.38. The lowest BCUT2D eigenvalue weighted by Gasteiger charge is -2.40. The second kappa shape index (κ2) is 15.5. The van der Waals surface area contributed by atoms with E-state index in [4.69, 9.17) is 12.8 Å². The number of Topliss-reactive ketones (excluding diaryl/α,β-unsaturated/α-hetero) is 1. The molecule has 3 aliphatic rings. The van der Waals surface area contributed by atoms with Gasteiger partial charge in [-0.2, -0.15) is 0 Å². The van der Waals surface area contributed by atoms with Crippen molar-refractivity contribution >= 4 is 39.4 Å². The lowest BCUT2D eigenvalue weighted by atomic mass is 9.83. The molecule has 12 nitrogen and oxygen atoms in total. The van der Waals surface area contributed by atoms with Crippen LogP contribution in [0.4, 0.5) is 4.79 Å². The van der Waals surface area contributed by atoms with E-state index in [1.165, 1.54) is 17.0 Å². The van der Waals surface area contributed by atoms with Gasteiger partial charge in [-0.15, -0.1) is 18.8 Å². The number of hydrogen-bond acceptors (Lipinski definition) is 7. The molecule has 1 saturated heterocycles. The quantitative estimate of drug-likeness (QED) is 0.179. The largest absolute Gasteiger partial charge is 0.344 e. The van der Waals surface area contributed by atoms with Crippen molar-refractivity contribution in [1.29, 1.82) is 0 Å². The van der Waals surface area contributed by atoms with Gasteiger partial charge in [0, 0.05) is 13.0 Å². The van der Waals surface area contributed by atoms with E-state index in [9.17, 15) is 32.4 Å². The molecule has 4 rings (SSSR count). The molecule has 2 saturated carbocycles. The maximum Gasteiger partial charge on any atom is 0.315 e. The third kappa shape index (κ3) is 8.93. The summed E-state index contributed by atoms with van der Waals surface area (Å²) in [4.78, 5) is 69.4. The fourth-order valence-corrected chi connectivity index (χ4v) is 9.60. The zero-order chi connectivity index (χ0) is 37.8. The zero-order valence-corrected chi connectivity index (χ0v) is 31.0. The summed E-state index contributed by atoms with van der Waals surface area (Å²) >= 11 is 0. The van der Waals surface area contributed by atoms with Crippen molar-refractivity contribution < 1.29 is 32.4 Å². The van der Waals surface area contributed by atoms with Crippen LogP contribution in [0.25, 0.3) is 0 Å². The van der Waals surface area contributed by atoms with Crippen LogP contribution in [0.15, 0.2) is 35.2 Å². The van der Waals surface area contributed by atoms with Gasteiger partial charge < -0.3 is 26.2 Å². The molecular formula is C38H51N5O7S. The fraction of sp³-hybridized carbons (Fsp3) is 0.605. The molecule has 1 aliphatic heterocycles. The lowest BCUT2D eigenvalue weighted by molar-refractivity contribution is -0.145. The molecule has 0 aromatic heterocycles. The van der Waals surface area contributed by atoms with E-state index in [1.807, 2.05) is 13.8 Å². The van der Waals surface area contributed by atoms with Gasteiger partial charge in [-0.05, 0) is 54.1 Å². The average molecular weight is 722 g/mol. The van der Waals surface area contributed by atoms with Gasteiger partial charge in [0.15, 0.2) is 9.84 Å². The topological polar surface area (TPSA) is 171 Å². The Morgan fingerprint density at radius 2 is 1.63 bits per heavy atom. The predicted octanol–water partition coefficient (Wildman–Crippen LogP) is 2.58. The first-order chi connectivity index (χ1) is 23.9. The molecule has 0 bridgehead atoms. The van der Waals surface area contributed by atoms with Gasteiger partial charge in [-0.25, -0.2) is 13.2 Å². The van der Waals surface area contributed by atoms with Gasteiger partial charge in [0.25, 0.3) is 5.91 Å². The van der Waals surface area contributed by atoms with Crippen LogP contribution in [0.1, 0.15) is 79.6 Å². The number of terminal acetylenes is 2. The van der Waals surface area contributed by atoms with Crippen molar-refractivity contribution in [2.75, 3.05) is 18.8 Å². The van der Waals surface area contributed by atoms with Crippen LogP contribution in [0.2, 0.25) is 0 Å². The number of sulfone groups is 1. The van der Waals surface area contributed by atoms with Gasteiger partial charge in [0.1, 0.15) is 12.1 Å². The molecule has 0 radical (unpaired) electrons. The van der Waals surface area contributed by atoms with E-state index < -0.39 is 68.5 Å². The number of nitrogens with one attached hydrogen (secondary N) is 4. The number of carbonyl (C=O) groups is 5. The standard InChI is InChI=1S/C38H51N5O7S/c1-8-10-19-27(30(44)33(46)39-22-9-2)40-32(45)29-28-26(37(28,6)7)23-43(29)34(47)31(36(3,4)5)41-35(48)42-38(20-15-12-16-21-38)24-51(49,50)25-17-13-11-14-18-25/h1-2,11,13-14,17-18,26-29,31H,10,12,15-16,19-24H2,3-7H3,(H,39,46)(H,40,45)(H2,41,42,48)/t26?,27?,28?,29-,31+/m0/s1. The monoisotopic (exact) mass is 721 g/mol. The van der Waals surface area contributed by atoms with E-state index in [-0.39, 0.29) is 53.8 Å². The molecule has 5 atom stereocenters. The number of piperidine rings is 1. The summed E-state index contributed by atoms with van der Waals surface area (Å²) in [7, 11) is -3.74. The van der Waals surface area contributed by atoms with Crippen molar-refractivity contribution in [2.24, 2.45) is 22.7 Å². The SMILES string of the molecule is C#CCCC(NC(=O)[C@@H]1C2C(CN1C(=O)[C@@H](NC(=O)NC1(CS(=O)(=O)c3ccccc3)CCCCC1)C(C)(C)C)C2(C)C)C(=O)C(=O)NCC#C. The van der Waals surface area contributed by atoms with Gasteiger partial charge in [-0.1, -0.05) is 78.0 Å². The molecule has 13 heteroatoms. The Kier molecular flexibility index (Phi) is 12.0. The highest BCUT2D eigenvalue weighted by atomic mass is 32.2. The Hall–Kier alpha value is -4.36. The molecular weight excluding hydrogens is 671 g/mol. The minimum Gasteiger partial charge on any atom is -0.344 e. The molecule has 276 valence electrons. The van der Waals surface area contributed by atoms with E-state index in [0.717, 1.165) is 19.3 Å². The molecule has 1 heterocycles. The number of benzene rings is 1. The number of nitrogens with zero attached hydrogens (tertiary/aromatic N) is 1.